The summed E-state index contributed by atoms with van der Waals surface area (Å²) in [5, 5.41) is 13.1. The number of aromatic hydroxyl groups is 1. The van der Waals surface area contributed by atoms with Crippen molar-refractivity contribution in [1.82, 2.24) is 10.2 Å². The minimum atomic E-state index is 0.356. The van der Waals surface area contributed by atoms with Crippen LogP contribution < -0.4 is 5.32 Å². The number of piperidine rings is 1. The minimum absolute atomic E-state index is 0.356. The van der Waals surface area contributed by atoms with E-state index in [1.165, 1.54) is 50.9 Å². The third kappa shape index (κ3) is 4.45. The number of phenols is 1. The summed E-state index contributed by atoms with van der Waals surface area (Å²) in [6.07, 6.45) is 6.52. The van der Waals surface area contributed by atoms with Gasteiger partial charge in [0.2, 0.25) is 0 Å². The van der Waals surface area contributed by atoms with Crippen molar-refractivity contribution in [1.29, 1.82) is 0 Å². The SMILES string of the molecule is CC(Cc1ccc(O)cc1)N1CCC(NCC2CC2)CC1. The van der Waals surface area contributed by atoms with Crippen molar-refractivity contribution >= 4 is 0 Å². The van der Waals surface area contributed by atoms with Crippen LogP contribution >= 0.6 is 0 Å². The van der Waals surface area contributed by atoms with Crippen LogP contribution in [0.5, 0.6) is 5.75 Å². The molecular formula is C18H28N2O. The van der Waals surface area contributed by atoms with Crippen LogP contribution in [0.2, 0.25) is 0 Å². The molecule has 2 fully saturated rings. The van der Waals surface area contributed by atoms with Gasteiger partial charge in [0.05, 0.1) is 0 Å². The van der Waals surface area contributed by atoms with Gasteiger partial charge in [0.1, 0.15) is 5.75 Å². The highest BCUT2D eigenvalue weighted by atomic mass is 16.3. The molecule has 21 heavy (non-hydrogen) atoms. The van der Waals surface area contributed by atoms with E-state index in [0.29, 0.717) is 11.8 Å². The molecule has 1 aliphatic carbocycles. The summed E-state index contributed by atoms with van der Waals surface area (Å²) < 4.78 is 0. The fourth-order valence-corrected chi connectivity index (χ4v) is 3.30. The van der Waals surface area contributed by atoms with E-state index in [1.54, 1.807) is 12.1 Å². The van der Waals surface area contributed by atoms with E-state index in [9.17, 15) is 5.11 Å². The molecule has 1 aliphatic heterocycles. The number of phenolic OH excluding ortho intramolecular Hbond substituents is 1. The summed E-state index contributed by atoms with van der Waals surface area (Å²) in [6, 6.07) is 8.97. The van der Waals surface area contributed by atoms with Gasteiger partial charge in [0.15, 0.2) is 0 Å². The molecule has 0 amide bonds. The number of hydrogen-bond acceptors (Lipinski definition) is 3. The Morgan fingerprint density at radius 2 is 1.81 bits per heavy atom. The van der Waals surface area contributed by atoms with Crippen molar-refractivity contribution in [3.05, 3.63) is 29.8 Å². The smallest absolute Gasteiger partial charge is 0.115 e. The lowest BCUT2D eigenvalue weighted by Crippen LogP contribution is -2.46. The first-order chi connectivity index (χ1) is 10.2. The molecule has 0 aromatic heterocycles. The summed E-state index contributed by atoms with van der Waals surface area (Å²) in [5.74, 6) is 1.34. The second-order valence-corrected chi connectivity index (χ2v) is 6.88. The number of rotatable bonds is 6. The standard InChI is InChI=1S/C18H28N2O/c1-14(12-15-4-6-18(21)7-5-15)20-10-8-17(9-11-20)19-13-16-2-3-16/h4-7,14,16-17,19,21H,2-3,8-13H2,1H3. The molecule has 3 rings (SSSR count). The monoisotopic (exact) mass is 288 g/mol. The maximum absolute atomic E-state index is 9.35. The Hall–Kier alpha value is -1.06. The highest BCUT2D eigenvalue weighted by Crippen LogP contribution is 2.28. The summed E-state index contributed by atoms with van der Waals surface area (Å²) in [5.41, 5.74) is 1.31. The van der Waals surface area contributed by atoms with Crippen molar-refractivity contribution in [2.75, 3.05) is 19.6 Å². The maximum atomic E-state index is 9.35. The quantitative estimate of drug-likeness (QED) is 0.845. The summed E-state index contributed by atoms with van der Waals surface area (Å²) in [4.78, 5) is 2.61. The lowest BCUT2D eigenvalue weighted by Gasteiger charge is -2.36. The first-order valence-corrected chi connectivity index (χ1v) is 8.46. The van der Waals surface area contributed by atoms with Gasteiger partial charge < -0.3 is 15.3 Å². The molecule has 0 bridgehead atoms. The number of nitrogens with one attached hydrogen (secondary N) is 1. The third-order valence-electron chi connectivity index (χ3n) is 5.01. The highest BCUT2D eigenvalue weighted by molar-refractivity contribution is 5.26. The third-order valence-corrected chi connectivity index (χ3v) is 5.01. The number of nitrogens with zero attached hydrogens (tertiary/aromatic N) is 1. The Labute approximate surface area is 128 Å². The molecule has 3 nitrogen and oxygen atoms in total. The molecule has 0 radical (unpaired) electrons. The zero-order valence-corrected chi connectivity index (χ0v) is 13.1. The molecule has 116 valence electrons. The first-order valence-electron chi connectivity index (χ1n) is 8.46. The summed E-state index contributed by atoms with van der Waals surface area (Å²) in [7, 11) is 0. The average molecular weight is 288 g/mol. The van der Waals surface area contributed by atoms with E-state index in [4.69, 9.17) is 0 Å². The van der Waals surface area contributed by atoms with E-state index in [2.05, 4.69) is 17.1 Å². The van der Waals surface area contributed by atoms with Crippen molar-refractivity contribution in [3.8, 4) is 5.75 Å². The summed E-state index contributed by atoms with van der Waals surface area (Å²) >= 11 is 0. The average Bonchev–Trinajstić information content (AvgIpc) is 3.32. The lowest BCUT2D eigenvalue weighted by molar-refractivity contribution is 0.151. The van der Waals surface area contributed by atoms with Gasteiger partial charge in [-0.1, -0.05) is 12.1 Å². The van der Waals surface area contributed by atoms with Gasteiger partial charge in [-0.15, -0.1) is 0 Å². The molecule has 1 unspecified atom stereocenters. The molecule has 2 aliphatic rings. The molecule has 1 atom stereocenters. The zero-order valence-electron chi connectivity index (χ0n) is 13.1. The van der Waals surface area contributed by atoms with Gasteiger partial charge in [-0.25, -0.2) is 0 Å². The molecule has 1 saturated carbocycles. The van der Waals surface area contributed by atoms with Gasteiger partial charge >= 0.3 is 0 Å². The van der Waals surface area contributed by atoms with Crippen LogP contribution in [0.25, 0.3) is 0 Å². The molecule has 1 heterocycles. The van der Waals surface area contributed by atoms with E-state index < -0.39 is 0 Å². The van der Waals surface area contributed by atoms with E-state index in [-0.39, 0.29) is 0 Å². The number of hydrogen-bond donors (Lipinski definition) is 2. The normalized spacial score (nSPS) is 22.3. The van der Waals surface area contributed by atoms with E-state index in [1.807, 2.05) is 12.1 Å². The van der Waals surface area contributed by atoms with Gasteiger partial charge in [-0.05, 0) is 82.3 Å². The molecule has 1 saturated heterocycles. The number of benzene rings is 1. The molecule has 0 spiro atoms. The van der Waals surface area contributed by atoms with E-state index in [0.717, 1.165) is 18.4 Å². The minimum Gasteiger partial charge on any atom is -0.508 e. The van der Waals surface area contributed by atoms with Crippen LogP contribution in [0.15, 0.2) is 24.3 Å². The van der Waals surface area contributed by atoms with Gasteiger partial charge in [-0.3, -0.25) is 0 Å². The predicted octanol–water partition coefficient (Wildman–Crippen LogP) is 2.79. The van der Waals surface area contributed by atoms with Crippen molar-refractivity contribution in [2.45, 2.75) is 51.1 Å². The lowest BCUT2D eigenvalue weighted by atomic mass is 10.00. The molecule has 2 N–H and O–H groups in total. The zero-order chi connectivity index (χ0) is 14.7. The highest BCUT2D eigenvalue weighted by Gasteiger charge is 2.25. The summed E-state index contributed by atoms with van der Waals surface area (Å²) in [6.45, 7) is 5.99. The largest absolute Gasteiger partial charge is 0.508 e. The van der Waals surface area contributed by atoms with Gasteiger partial charge in [0, 0.05) is 12.1 Å². The molecule has 1 aromatic carbocycles. The first kappa shape index (κ1) is 14.9. The van der Waals surface area contributed by atoms with E-state index >= 15 is 0 Å². The van der Waals surface area contributed by atoms with Crippen LogP contribution in [0.1, 0.15) is 38.2 Å². The van der Waals surface area contributed by atoms with Crippen LogP contribution in [-0.4, -0.2) is 41.7 Å². The molecular weight excluding hydrogens is 260 g/mol. The van der Waals surface area contributed by atoms with Crippen molar-refractivity contribution in [3.63, 3.8) is 0 Å². The fourth-order valence-electron chi connectivity index (χ4n) is 3.30. The Morgan fingerprint density at radius 1 is 1.14 bits per heavy atom. The Bertz CT molecular complexity index is 433. The van der Waals surface area contributed by atoms with Gasteiger partial charge in [0.25, 0.3) is 0 Å². The Kier molecular flexibility index (Phi) is 4.81. The molecule has 3 heteroatoms. The van der Waals surface area contributed by atoms with Gasteiger partial charge in [-0.2, -0.15) is 0 Å². The Morgan fingerprint density at radius 3 is 2.43 bits per heavy atom. The second-order valence-electron chi connectivity index (χ2n) is 6.88. The second kappa shape index (κ2) is 6.80. The predicted molar refractivity (Wildman–Crippen MR) is 86.6 cm³/mol. The van der Waals surface area contributed by atoms with Crippen molar-refractivity contribution in [2.24, 2.45) is 5.92 Å². The number of likely N-dealkylation sites (tertiary alicyclic amines) is 1. The van der Waals surface area contributed by atoms with Crippen molar-refractivity contribution < 1.29 is 5.11 Å². The van der Waals surface area contributed by atoms with Crippen LogP contribution in [0, 0.1) is 5.92 Å². The van der Waals surface area contributed by atoms with Crippen LogP contribution in [0.4, 0.5) is 0 Å². The topological polar surface area (TPSA) is 35.5 Å². The fraction of sp³-hybridized carbons (Fsp3) is 0.667. The Balaban J connectivity index is 1.41. The maximum Gasteiger partial charge on any atom is 0.115 e. The van der Waals surface area contributed by atoms with Crippen LogP contribution in [0.3, 0.4) is 0 Å². The van der Waals surface area contributed by atoms with Crippen LogP contribution in [-0.2, 0) is 6.42 Å². The molecule has 1 aromatic rings.